The standard InChI is InChI=1S/C20H25FN4O/c1-14-7-15(9-17(21)8-14)12-24-5-6-25-19(13-24)10-18(23-25)11-22-20(26)16-3-2-4-16/h7-10,16H,2-6,11-13H2,1H3,(H,22,26). The lowest BCUT2D eigenvalue weighted by Crippen LogP contribution is -2.34. The summed E-state index contributed by atoms with van der Waals surface area (Å²) >= 11 is 0. The Kier molecular flexibility index (Phi) is 4.76. The molecule has 26 heavy (non-hydrogen) atoms. The zero-order chi connectivity index (χ0) is 18.1. The SMILES string of the molecule is Cc1cc(F)cc(CN2CCn3nc(CNC(=O)C4CCC4)cc3C2)c1. The maximum absolute atomic E-state index is 13.6. The summed E-state index contributed by atoms with van der Waals surface area (Å²) in [6.45, 7) is 5.65. The fraction of sp³-hybridized carbons (Fsp3) is 0.500. The van der Waals surface area contributed by atoms with E-state index in [-0.39, 0.29) is 17.6 Å². The van der Waals surface area contributed by atoms with E-state index in [4.69, 9.17) is 0 Å². The van der Waals surface area contributed by atoms with Gasteiger partial charge in [0.15, 0.2) is 0 Å². The van der Waals surface area contributed by atoms with Crippen LogP contribution in [-0.4, -0.2) is 27.1 Å². The largest absolute Gasteiger partial charge is 0.350 e. The summed E-state index contributed by atoms with van der Waals surface area (Å²) in [7, 11) is 0. The summed E-state index contributed by atoms with van der Waals surface area (Å²) in [5, 5.41) is 7.61. The molecule has 1 aromatic heterocycles. The molecular weight excluding hydrogens is 331 g/mol. The molecule has 1 saturated carbocycles. The van der Waals surface area contributed by atoms with Gasteiger partial charge in [-0.15, -0.1) is 0 Å². The third kappa shape index (κ3) is 3.80. The molecule has 0 spiro atoms. The molecule has 0 bridgehead atoms. The van der Waals surface area contributed by atoms with Crippen LogP contribution < -0.4 is 5.32 Å². The van der Waals surface area contributed by atoms with Gasteiger partial charge in [-0.3, -0.25) is 14.4 Å². The number of halogens is 1. The summed E-state index contributed by atoms with van der Waals surface area (Å²) in [5.41, 5.74) is 4.02. The van der Waals surface area contributed by atoms with E-state index in [1.54, 1.807) is 12.1 Å². The Hall–Kier alpha value is -2.21. The van der Waals surface area contributed by atoms with Gasteiger partial charge >= 0.3 is 0 Å². The first-order valence-electron chi connectivity index (χ1n) is 9.38. The second kappa shape index (κ2) is 7.19. The highest BCUT2D eigenvalue weighted by Crippen LogP contribution is 2.26. The number of carbonyl (C=O) groups is 1. The number of nitrogens with zero attached hydrogens (tertiary/aromatic N) is 3. The van der Waals surface area contributed by atoms with Gasteiger partial charge in [-0.1, -0.05) is 12.5 Å². The lowest BCUT2D eigenvalue weighted by Gasteiger charge is -2.27. The Morgan fingerprint density at radius 1 is 1.27 bits per heavy atom. The quantitative estimate of drug-likeness (QED) is 0.896. The van der Waals surface area contributed by atoms with E-state index in [1.165, 1.54) is 0 Å². The van der Waals surface area contributed by atoms with Crippen LogP contribution in [-0.2, 0) is 31.0 Å². The highest BCUT2D eigenvalue weighted by molar-refractivity contribution is 5.79. The lowest BCUT2D eigenvalue weighted by atomic mass is 9.85. The minimum absolute atomic E-state index is 0.158. The third-order valence-electron chi connectivity index (χ3n) is 5.36. The third-order valence-corrected chi connectivity index (χ3v) is 5.36. The number of fused-ring (bicyclic) bond motifs is 1. The van der Waals surface area contributed by atoms with Gasteiger partial charge in [0.05, 0.1) is 24.5 Å². The van der Waals surface area contributed by atoms with Crippen LogP contribution in [0.15, 0.2) is 24.3 Å². The fourth-order valence-corrected chi connectivity index (χ4v) is 3.76. The van der Waals surface area contributed by atoms with Crippen molar-refractivity contribution in [2.45, 2.75) is 52.4 Å². The van der Waals surface area contributed by atoms with Crippen LogP contribution in [0.4, 0.5) is 4.39 Å². The van der Waals surface area contributed by atoms with E-state index >= 15 is 0 Å². The number of hydrogen-bond donors (Lipinski definition) is 1. The maximum Gasteiger partial charge on any atom is 0.223 e. The Bertz CT molecular complexity index is 792. The number of aromatic nitrogens is 2. The van der Waals surface area contributed by atoms with E-state index in [0.717, 1.165) is 68.0 Å². The number of rotatable bonds is 5. The number of carbonyl (C=O) groups excluding carboxylic acids is 1. The molecule has 6 heteroatoms. The summed E-state index contributed by atoms with van der Waals surface area (Å²) < 4.78 is 15.6. The molecule has 0 atom stereocenters. The van der Waals surface area contributed by atoms with E-state index in [2.05, 4.69) is 21.4 Å². The monoisotopic (exact) mass is 356 g/mol. The molecule has 0 unspecified atom stereocenters. The minimum Gasteiger partial charge on any atom is -0.350 e. The van der Waals surface area contributed by atoms with Crippen LogP contribution in [0.25, 0.3) is 0 Å². The molecule has 0 radical (unpaired) electrons. The van der Waals surface area contributed by atoms with E-state index in [9.17, 15) is 9.18 Å². The summed E-state index contributed by atoms with van der Waals surface area (Å²) in [6.07, 6.45) is 3.19. The minimum atomic E-state index is -0.174. The molecule has 0 saturated heterocycles. The molecule has 1 N–H and O–H groups in total. The highest BCUT2D eigenvalue weighted by Gasteiger charge is 2.25. The molecule has 2 aliphatic rings. The van der Waals surface area contributed by atoms with Crippen molar-refractivity contribution in [1.29, 1.82) is 0 Å². The van der Waals surface area contributed by atoms with Crippen molar-refractivity contribution in [3.8, 4) is 0 Å². The molecule has 1 aliphatic heterocycles. The smallest absolute Gasteiger partial charge is 0.223 e. The van der Waals surface area contributed by atoms with Gasteiger partial charge in [-0.25, -0.2) is 4.39 Å². The Morgan fingerprint density at radius 3 is 2.85 bits per heavy atom. The molecule has 1 amide bonds. The topological polar surface area (TPSA) is 50.2 Å². The van der Waals surface area contributed by atoms with Crippen LogP contribution in [0.5, 0.6) is 0 Å². The molecule has 1 aliphatic carbocycles. The van der Waals surface area contributed by atoms with E-state index in [0.29, 0.717) is 6.54 Å². The number of benzene rings is 1. The van der Waals surface area contributed by atoms with E-state index < -0.39 is 0 Å². The first-order chi connectivity index (χ1) is 12.6. The van der Waals surface area contributed by atoms with Gasteiger partial charge in [0, 0.05) is 25.6 Å². The Morgan fingerprint density at radius 2 is 2.12 bits per heavy atom. The van der Waals surface area contributed by atoms with Crippen LogP contribution >= 0.6 is 0 Å². The van der Waals surface area contributed by atoms with Crippen molar-refractivity contribution >= 4 is 5.91 Å². The Balaban J connectivity index is 1.36. The maximum atomic E-state index is 13.6. The van der Waals surface area contributed by atoms with Crippen molar-refractivity contribution in [3.05, 3.63) is 52.6 Å². The van der Waals surface area contributed by atoms with Gasteiger partial charge in [-0.05, 0) is 49.1 Å². The lowest BCUT2D eigenvalue weighted by molar-refractivity contribution is -0.127. The predicted molar refractivity (Wildman–Crippen MR) is 96.7 cm³/mol. The van der Waals surface area contributed by atoms with Gasteiger partial charge < -0.3 is 5.32 Å². The number of amides is 1. The van der Waals surface area contributed by atoms with Gasteiger partial charge in [-0.2, -0.15) is 5.10 Å². The molecular formula is C20H25FN4O. The molecule has 5 nitrogen and oxygen atoms in total. The van der Waals surface area contributed by atoms with Gasteiger partial charge in [0.25, 0.3) is 0 Å². The van der Waals surface area contributed by atoms with Crippen molar-refractivity contribution in [2.75, 3.05) is 6.54 Å². The zero-order valence-electron chi connectivity index (χ0n) is 15.2. The van der Waals surface area contributed by atoms with Crippen molar-refractivity contribution in [2.24, 2.45) is 5.92 Å². The molecule has 1 aromatic carbocycles. The van der Waals surface area contributed by atoms with Crippen molar-refractivity contribution in [1.82, 2.24) is 20.0 Å². The zero-order valence-corrected chi connectivity index (χ0v) is 15.2. The molecule has 1 fully saturated rings. The van der Waals surface area contributed by atoms with Gasteiger partial charge in [0.2, 0.25) is 5.91 Å². The average Bonchev–Trinajstić information content (AvgIpc) is 2.92. The summed E-state index contributed by atoms with van der Waals surface area (Å²) in [4.78, 5) is 14.3. The van der Waals surface area contributed by atoms with Crippen LogP contribution in [0, 0.1) is 18.7 Å². The van der Waals surface area contributed by atoms with Crippen LogP contribution in [0.1, 0.15) is 41.8 Å². The second-order valence-electron chi connectivity index (χ2n) is 7.54. The van der Waals surface area contributed by atoms with Crippen LogP contribution in [0.3, 0.4) is 0 Å². The number of aryl methyl sites for hydroxylation is 1. The second-order valence-corrected chi connectivity index (χ2v) is 7.54. The first kappa shape index (κ1) is 17.2. The highest BCUT2D eigenvalue weighted by atomic mass is 19.1. The van der Waals surface area contributed by atoms with Crippen molar-refractivity contribution in [3.63, 3.8) is 0 Å². The molecule has 138 valence electrons. The molecule has 2 aromatic rings. The molecule has 2 heterocycles. The van der Waals surface area contributed by atoms with Crippen molar-refractivity contribution < 1.29 is 9.18 Å². The first-order valence-corrected chi connectivity index (χ1v) is 9.38. The number of nitrogens with one attached hydrogen (secondary N) is 1. The Labute approximate surface area is 153 Å². The predicted octanol–water partition coefficient (Wildman–Crippen LogP) is 2.76. The summed E-state index contributed by atoms with van der Waals surface area (Å²) in [6, 6.07) is 7.28. The van der Waals surface area contributed by atoms with E-state index in [1.807, 2.05) is 17.7 Å². The molecule has 4 rings (SSSR count). The normalized spacial score (nSPS) is 17.6. The summed E-state index contributed by atoms with van der Waals surface area (Å²) in [5.74, 6) is 0.189. The van der Waals surface area contributed by atoms with Gasteiger partial charge in [0.1, 0.15) is 5.82 Å². The van der Waals surface area contributed by atoms with Crippen LogP contribution in [0.2, 0.25) is 0 Å². The fourth-order valence-electron chi connectivity index (χ4n) is 3.76. The number of hydrogen-bond acceptors (Lipinski definition) is 3. The average molecular weight is 356 g/mol.